The number of aromatic hydroxyl groups is 1. The number of aliphatic hydroxyl groups is 1. The summed E-state index contributed by atoms with van der Waals surface area (Å²) < 4.78 is 11.0. The van der Waals surface area contributed by atoms with Crippen LogP contribution in [0.1, 0.15) is 38.7 Å². The number of phenols is 1. The Bertz CT molecular complexity index is 1050. The third-order valence-electron chi connectivity index (χ3n) is 7.87. The predicted molar refractivity (Wildman–Crippen MR) is 109 cm³/mol. The van der Waals surface area contributed by atoms with Crippen LogP contribution in [-0.2, 0) is 19.2 Å². The largest absolute Gasteiger partial charge is 0.504 e. The molecule has 0 bridgehead atoms. The van der Waals surface area contributed by atoms with Crippen LogP contribution in [0, 0.1) is 17.3 Å². The molecule has 4 aliphatic rings. The molecule has 8 nitrogen and oxygen atoms in total. The average molecular weight is 427 g/mol. The van der Waals surface area contributed by atoms with E-state index in [0.717, 1.165) is 0 Å². The molecule has 31 heavy (non-hydrogen) atoms. The van der Waals surface area contributed by atoms with Gasteiger partial charge in [0.15, 0.2) is 17.3 Å². The van der Waals surface area contributed by atoms with Crippen LogP contribution in [0.3, 0.4) is 0 Å². The number of allylic oxidation sites excluding steroid dienone is 1. The maximum atomic E-state index is 13.2. The second-order valence-electron chi connectivity index (χ2n) is 9.22. The minimum absolute atomic E-state index is 0.00182. The highest BCUT2D eigenvalue weighted by Crippen LogP contribution is 2.59. The standard InChI is InChI=1S/C23H25NO7/c1-12-4-6-14-19(21(2)18(26)8-9-23(12,21)28)30-20(27)22(14)11-15(24-31-22)13-5-7-16(25)17(10-13)29-3/h5,7-10,12,14,19,25,28H,4,6,11H2,1-3H3/t12-,14+,19+,21-,22-,23+/m0/s1. The molecule has 5 rings (SSSR count). The molecule has 2 fully saturated rings. The predicted octanol–water partition coefficient (Wildman–Crippen LogP) is 2.11. The van der Waals surface area contributed by atoms with Gasteiger partial charge < -0.3 is 24.5 Å². The van der Waals surface area contributed by atoms with Crippen molar-refractivity contribution in [3.05, 3.63) is 35.9 Å². The molecule has 1 aromatic rings. The first-order valence-electron chi connectivity index (χ1n) is 10.5. The lowest BCUT2D eigenvalue weighted by atomic mass is 9.63. The number of esters is 1. The zero-order valence-corrected chi connectivity index (χ0v) is 17.6. The average Bonchev–Trinajstić information content (AvgIpc) is 3.37. The molecule has 0 aromatic heterocycles. The van der Waals surface area contributed by atoms with E-state index in [9.17, 15) is 19.8 Å². The van der Waals surface area contributed by atoms with Crippen molar-refractivity contribution in [1.82, 2.24) is 0 Å². The van der Waals surface area contributed by atoms with Crippen molar-refractivity contribution in [3.63, 3.8) is 0 Å². The molecular weight excluding hydrogens is 402 g/mol. The number of carbonyl (C=O) groups excluding carboxylic acids is 2. The van der Waals surface area contributed by atoms with Gasteiger partial charge in [-0.25, -0.2) is 4.79 Å². The van der Waals surface area contributed by atoms with E-state index in [1.807, 2.05) is 6.92 Å². The van der Waals surface area contributed by atoms with Crippen LogP contribution in [0.4, 0.5) is 0 Å². The lowest BCUT2D eigenvalue weighted by Gasteiger charge is -2.43. The lowest BCUT2D eigenvalue weighted by molar-refractivity contribution is -0.169. The Morgan fingerprint density at radius 3 is 2.77 bits per heavy atom. The van der Waals surface area contributed by atoms with Crippen LogP contribution < -0.4 is 4.74 Å². The number of nitrogens with zero attached hydrogens (tertiary/aromatic N) is 1. The van der Waals surface area contributed by atoms with Gasteiger partial charge in [-0.1, -0.05) is 12.1 Å². The number of carbonyl (C=O) groups is 2. The third kappa shape index (κ3) is 2.36. The van der Waals surface area contributed by atoms with Crippen molar-refractivity contribution < 1.29 is 34.1 Å². The number of methoxy groups -OCH3 is 1. The van der Waals surface area contributed by atoms with Gasteiger partial charge >= 0.3 is 5.97 Å². The second-order valence-corrected chi connectivity index (χ2v) is 9.22. The molecule has 0 amide bonds. The van der Waals surface area contributed by atoms with Crippen molar-refractivity contribution in [2.45, 2.75) is 50.4 Å². The number of hydrogen-bond donors (Lipinski definition) is 2. The molecule has 6 atom stereocenters. The fourth-order valence-corrected chi connectivity index (χ4v) is 5.81. The fourth-order valence-electron chi connectivity index (χ4n) is 5.81. The van der Waals surface area contributed by atoms with E-state index < -0.39 is 34.6 Å². The molecule has 2 heterocycles. The Hall–Kier alpha value is -2.87. The first-order chi connectivity index (χ1) is 14.7. The van der Waals surface area contributed by atoms with E-state index in [2.05, 4.69) is 5.16 Å². The maximum Gasteiger partial charge on any atom is 0.354 e. The van der Waals surface area contributed by atoms with E-state index in [4.69, 9.17) is 14.3 Å². The molecule has 1 saturated carbocycles. The van der Waals surface area contributed by atoms with E-state index in [-0.39, 0.29) is 29.6 Å². The van der Waals surface area contributed by atoms with Gasteiger partial charge in [0.05, 0.1) is 18.7 Å². The van der Waals surface area contributed by atoms with Crippen LogP contribution in [0.25, 0.3) is 0 Å². The lowest BCUT2D eigenvalue weighted by Crippen LogP contribution is -2.57. The molecule has 2 aliphatic carbocycles. The summed E-state index contributed by atoms with van der Waals surface area (Å²) in [6, 6.07) is 4.80. The number of phenolic OH excluding ortho intramolecular Hbond substituents is 1. The summed E-state index contributed by atoms with van der Waals surface area (Å²) in [4.78, 5) is 31.9. The van der Waals surface area contributed by atoms with Crippen molar-refractivity contribution >= 4 is 17.5 Å². The summed E-state index contributed by atoms with van der Waals surface area (Å²) in [5, 5.41) is 25.5. The van der Waals surface area contributed by atoms with Gasteiger partial charge in [0.25, 0.3) is 0 Å². The summed E-state index contributed by atoms with van der Waals surface area (Å²) in [6.45, 7) is 3.60. The number of ether oxygens (including phenoxy) is 2. The van der Waals surface area contributed by atoms with Gasteiger partial charge in [0.1, 0.15) is 17.1 Å². The Morgan fingerprint density at radius 1 is 1.26 bits per heavy atom. The molecule has 0 unspecified atom stereocenters. The molecule has 0 radical (unpaired) electrons. The van der Waals surface area contributed by atoms with Crippen LogP contribution in [0.5, 0.6) is 11.5 Å². The zero-order valence-electron chi connectivity index (χ0n) is 17.6. The highest BCUT2D eigenvalue weighted by molar-refractivity contribution is 6.06. The Balaban J connectivity index is 1.52. The third-order valence-corrected chi connectivity index (χ3v) is 7.87. The van der Waals surface area contributed by atoms with Crippen LogP contribution >= 0.6 is 0 Å². The molecule has 1 saturated heterocycles. The van der Waals surface area contributed by atoms with Gasteiger partial charge in [0, 0.05) is 12.0 Å². The molecule has 1 aromatic carbocycles. The topological polar surface area (TPSA) is 115 Å². The van der Waals surface area contributed by atoms with Crippen molar-refractivity contribution in [2.75, 3.05) is 7.11 Å². The molecular formula is C23H25NO7. The van der Waals surface area contributed by atoms with Crippen LogP contribution in [0.15, 0.2) is 35.5 Å². The van der Waals surface area contributed by atoms with E-state index in [1.165, 1.54) is 19.3 Å². The van der Waals surface area contributed by atoms with Gasteiger partial charge in [-0.05, 0) is 56.0 Å². The van der Waals surface area contributed by atoms with Crippen molar-refractivity contribution in [2.24, 2.45) is 22.4 Å². The Kier molecular flexibility index (Phi) is 4.09. The maximum absolute atomic E-state index is 13.2. The van der Waals surface area contributed by atoms with Crippen LogP contribution in [0.2, 0.25) is 0 Å². The highest BCUT2D eigenvalue weighted by atomic mass is 16.7. The summed E-state index contributed by atoms with van der Waals surface area (Å²) in [5.74, 6) is -1.15. The van der Waals surface area contributed by atoms with Crippen LogP contribution in [-0.4, -0.2) is 52.1 Å². The minimum Gasteiger partial charge on any atom is -0.504 e. The summed E-state index contributed by atoms with van der Waals surface area (Å²) >= 11 is 0. The van der Waals surface area contributed by atoms with E-state index in [0.29, 0.717) is 24.1 Å². The van der Waals surface area contributed by atoms with Gasteiger partial charge in [-0.3, -0.25) is 4.79 Å². The molecule has 2 aliphatic heterocycles. The highest BCUT2D eigenvalue weighted by Gasteiger charge is 2.73. The van der Waals surface area contributed by atoms with Gasteiger partial charge in [-0.15, -0.1) is 0 Å². The van der Waals surface area contributed by atoms with Gasteiger partial charge in [-0.2, -0.15) is 0 Å². The number of benzene rings is 1. The summed E-state index contributed by atoms with van der Waals surface area (Å²) in [5.41, 5.74) is -2.82. The molecule has 1 spiro atoms. The minimum atomic E-state index is -1.39. The smallest absolute Gasteiger partial charge is 0.354 e. The molecule has 164 valence electrons. The normalized spacial score (nSPS) is 40.8. The Labute approximate surface area is 179 Å². The van der Waals surface area contributed by atoms with Crippen molar-refractivity contribution in [3.8, 4) is 11.5 Å². The molecule has 8 heteroatoms. The number of ketones is 1. The first kappa shape index (κ1) is 20.1. The van der Waals surface area contributed by atoms with E-state index in [1.54, 1.807) is 25.1 Å². The summed E-state index contributed by atoms with van der Waals surface area (Å²) in [7, 11) is 1.45. The number of fused-ring (bicyclic) bond motifs is 4. The van der Waals surface area contributed by atoms with E-state index >= 15 is 0 Å². The molecule has 2 N–H and O–H groups in total. The quantitative estimate of drug-likeness (QED) is 0.695. The first-order valence-corrected chi connectivity index (χ1v) is 10.5. The number of rotatable bonds is 2. The Morgan fingerprint density at radius 2 is 2.03 bits per heavy atom. The number of oxime groups is 1. The second kappa shape index (κ2) is 6.32. The fraction of sp³-hybridized carbons (Fsp3) is 0.522. The SMILES string of the molecule is COc1cc(C2=NO[C@]3(C2)C(=O)O[C@@H]2[C@H]3CC[C@H](C)[C@]3(O)C=CC(=O)[C@@]23C)ccc1O. The zero-order chi connectivity index (χ0) is 22.2. The number of hydrogen-bond acceptors (Lipinski definition) is 8. The van der Waals surface area contributed by atoms with Gasteiger partial charge in [0.2, 0.25) is 5.60 Å². The summed E-state index contributed by atoms with van der Waals surface area (Å²) in [6.07, 6.45) is 3.47. The monoisotopic (exact) mass is 427 g/mol. The van der Waals surface area contributed by atoms with Crippen molar-refractivity contribution in [1.29, 1.82) is 0 Å².